The van der Waals surface area contributed by atoms with Crippen molar-refractivity contribution in [1.29, 1.82) is 0 Å². The van der Waals surface area contributed by atoms with Crippen LogP contribution in [0.15, 0.2) is 0 Å². The first-order valence-corrected chi connectivity index (χ1v) is 9.79. The van der Waals surface area contributed by atoms with Crippen molar-refractivity contribution < 1.29 is 34.2 Å². The van der Waals surface area contributed by atoms with Gasteiger partial charge in [-0.1, -0.05) is 20.3 Å². The molecule has 0 aliphatic rings. The molecule has 5 atom stereocenters. The predicted molar refractivity (Wildman–Crippen MR) is 107 cm³/mol. The zero-order valence-corrected chi connectivity index (χ0v) is 17.6. The Morgan fingerprint density at radius 2 is 1.45 bits per heavy atom. The summed E-state index contributed by atoms with van der Waals surface area (Å²) in [5, 5.41) is 24.7. The van der Waals surface area contributed by atoms with Gasteiger partial charge in [-0.05, 0) is 19.3 Å². The Bertz CT molecular complexity index is 617. The molecule has 11 nitrogen and oxygen atoms in total. The number of carboxylic acids is 2. The molecule has 29 heavy (non-hydrogen) atoms. The van der Waals surface area contributed by atoms with E-state index in [-0.39, 0.29) is 18.1 Å². The topological polar surface area (TPSA) is 188 Å². The van der Waals surface area contributed by atoms with Gasteiger partial charge in [0.25, 0.3) is 0 Å². The largest absolute Gasteiger partial charge is 0.481 e. The zero-order chi connectivity index (χ0) is 22.7. The lowest BCUT2D eigenvalue weighted by molar-refractivity contribution is -0.142. The Labute approximate surface area is 174 Å². The number of thiol groups is 1. The summed E-state index contributed by atoms with van der Waals surface area (Å²) < 4.78 is 0. The van der Waals surface area contributed by atoms with Gasteiger partial charge in [-0.2, -0.15) is 12.6 Å². The van der Waals surface area contributed by atoms with E-state index < -0.39 is 60.2 Å². The fourth-order valence-corrected chi connectivity index (χ4v) is 2.42. The van der Waals surface area contributed by atoms with Crippen molar-refractivity contribution in [2.75, 3.05) is 5.75 Å². The molecule has 0 heterocycles. The van der Waals surface area contributed by atoms with E-state index in [1.165, 1.54) is 6.92 Å². The number of rotatable bonds is 13. The van der Waals surface area contributed by atoms with Crippen LogP contribution < -0.4 is 21.7 Å². The molecule has 7 N–H and O–H groups in total. The van der Waals surface area contributed by atoms with Crippen molar-refractivity contribution in [1.82, 2.24) is 16.0 Å². The van der Waals surface area contributed by atoms with Crippen LogP contribution in [0.2, 0.25) is 0 Å². The first-order chi connectivity index (χ1) is 13.4. The van der Waals surface area contributed by atoms with Crippen LogP contribution >= 0.6 is 12.6 Å². The standard InChI is InChI=1S/C17H30N4O7S/c1-4-8(2)13(18)16(26)21-11(7-29)15(25)20-10(5-6-12(22)23)14(24)19-9(3)17(27)28/h8-11,13,29H,4-7,18H2,1-3H3,(H,19,24)(H,20,25)(H,21,26)(H,22,23)(H,27,28). The van der Waals surface area contributed by atoms with E-state index in [1.54, 1.807) is 6.92 Å². The molecule has 0 fully saturated rings. The van der Waals surface area contributed by atoms with Gasteiger partial charge in [0.15, 0.2) is 0 Å². The summed E-state index contributed by atoms with van der Waals surface area (Å²) in [6, 6.07) is -4.49. The second-order valence-electron chi connectivity index (χ2n) is 6.72. The van der Waals surface area contributed by atoms with Crippen LogP contribution in [0.25, 0.3) is 0 Å². The monoisotopic (exact) mass is 434 g/mol. The molecule has 0 aliphatic heterocycles. The van der Waals surface area contributed by atoms with Crippen molar-refractivity contribution in [3.63, 3.8) is 0 Å². The quantitative estimate of drug-likeness (QED) is 0.174. The summed E-state index contributed by atoms with van der Waals surface area (Å²) in [5.41, 5.74) is 5.83. The third kappa shape index (κ3) is 9.61. The van der Waals surface area contributed by atoms with Crippen LogP contribution in [0, 0.1) is 5.92 Å². The number of hydrogen-bond acceptors (Lipinski definition) is 7. The molecule has 0 aliphatic carbocycles. The van der Waals surface area contributed by atoms with Gasteiger partial charge in [-0.3, -0.25) is 24.0 Å². The van der Waals surface area contributed by atoms with E-state index in [2.05, 4.69) is 28.6 Å². The molecule has 0 bridgehead atoms. The summed E-state index contributed by atoms with van der Waals surface area (Å²) in [6.45, 7) is 4.88. The van der Waals surface area contributed by atoms with E-state index in [9.17, 15) is 24.0 Å². The van der Waals surface area contributed by atoms with Crippen LogP contribution in [0.5, 0.6) is 0 Å². The van der Waals surface area contributed by atoms with Gasteiger partial charge in [0.05, 0.1) is 6.04 Å². The highest BCUT2D eigenvalue weighted by molar-refractivity contribution is 7.80. The molecule has 12 heteroatoms. The molecule has 0 aromatic heterocycles. The molecule has 0 spiro atoms. The highest BCUT2D eigenvalue weighted by Gasteiger charge is 2.29. The molecule has 0 radical (unpaired) electrons. The Balaban J connectivity index is 5.18. The van der Waals surface area contributed by atoms with Gasteiger partial charge in [0.1, 0.15) is 18.1 Å². The van der Waals surface area contributed by atoms with Crippen molar-refractivity contribution in [3.8, 4) is 0 Å². The summed E-state index contributed by atoms with van der Waals surface area (Å²) in [5.74, 6) is -4.87. The molecular formula is C17H30N4O7S. The maximum absolute atomic E-state index is 12.5. The third-order valence-corrected chi connectivity index (χ3v) is 4.75. The number of carbonyl (C=O) groups excluding carboxylic acids is 3. The van der Waals surface area contributed by atoms with Crippen molar-refractivity contribution >= 4 is 42.3 Å². The van der Waals surface area contributed by atoms with Gasteiger partial charge in [0, 0.05) is 12.2 Å². The maximum atomic E-state index is 12.5. The molecule has 0 aromatic rings. The Morgan fingerprint density at radius 1 is 0.931 bits per heavy atom. The number of carboxylic acid groups (broad SMARTS) is 2. The van der Waals surface area contributed by atoms with E-state index in [0.717, 1.165) is 0 Å². The number of hydrogen-bond donors (Lipinski definition) is 7. The second kappa shape index (κ2) is 13.0. The van der Waals surface area contributed by atoms with Gasteiger partial charge < -0.3 is 31.9 Å². The summed E-state index contributed by atoms with van der Waals surface area (Å²) >= 11 is 4.03. The predicted octanol–water partition coefficient (Wildman–Crippen LogP) is -1.29. The van der Waals surface area contributed by atoms with E-state index in [1.807, 2.05) is 6.92 Å². The molecular weight excluding hydrogens is 404 g/mol. The SMILES string of the molecule is CCC(C)C(N)C(=O)NC(CS)C(=O)NC(CCC(=O)O)C(=O)NC(C)C(=O)O. The van der Waals surface area contributed by atoms with E-state index in [4.69, 9.17) is 15.9 Å². The van der Waals surface area contributed by atoms with Crippen LogP contribution in [0.3, 0.4) is 0 Å². The Kier molecular flexibility index (Phi) is 11.9. The lowest BCUT2D eigenvalue weighted by atomic mass is 9.99. The van der Waals surface area contributed by atoms with Gasteiger partial charge >= 0.3 is 11.9 Å². The number of carbonyl (C=O) groups is 5. The highest BCUT2D eigenvalue weighted by Crippen LogP contribution is 2.06. The number of nitrogens with one attached hydrogen (secondary N) is 3. The summed E-state index contributed by atoms with van der Waals surface area (Å²) in [4.78, 5) is 58.7. The molecule has 0 saturated heterocycles. The van der Waals surface area contributed by atoms with Crippen LogP contribution in [-0.2, 0) is 24.0 Å². The Morgan fingerprint density at radius 3 is 1.90 bits per heavy atom. The summed E-state index contributed by atoms with van der Waals surface area (Å²) in [6.07, 6.45) is -0.0407. The van der Waals surface area contributed by atoms with Crippen LogP contribution in [0.4, 0.5) is 0 Å². The lowest BCUT2D eigenvalue weighted by Crippen LogP contribution is -2.58. The second-order valence-corrected chi connectivity index (χ2v) is 7.08. The number of aliphatic carboxylic acids is 2. The lowest BCUT2D eigenvalue weighted by Gasteiger charge is -2.24. The molecule has 166 valence electrons. The van der Waals surface area contributed by atoms with E-state index >= 15 is 0 Å². The fraction of sp³-hybridized carbons (Fsp3) is 0.706. The average molecular weight is 435 g/mol. The van der Waals surface area contributed by atoms with Crippen molar-refractivity contribution in [2.45, 2.75) is 64.2 Å². The Hall–Kier alpha value is -2.34. The van der Waals surface area contributed by atoms with Gasteiger partial charge in [-0.25, -0.2) is 0 Å². The van der Waals surface area contributed by atoms with Crippen molar-refractivity contribution in [3.05, 3.63) is 0 Å². The molecule has 5 unspecified atom stereocenters. The minimum Gasteiger partial charge on any atom is -0.481 e. The number of amides is 3. The first-order valence-electron chi connectivity index (χ1n) is 9.16. The van der Waals surface area contributed by atoms with Crippen molar-refractivity contribution in [2.24, 2.45) is 11.7 Å². The smallest absolute Gasteiger partial charge is 0.325 e. The molecule has 0 aromatic carbocycles. The van der Waals surface area contributed by atoms with Gasteiger partial charge in [-0.15, -0.1) is 0 Å². The van der Waals surface area contributed by atoms with Crippen LogP contribution in [-0.4, -0.2) is 69.8 Å². The molecule has 0 saturated carbocycles. The zero-order valence-electron chi connectivity index (χ0n) is 16.7. The molecule has 3 amide bonds. The minimum atomic E-state index is -1.30. The average Bonchev–Trinajstić information content (AvgIpc) is 2.66. The normalized spacial score (nSPS) is 15.9. The summed E-state index contributed by atoms with van der Waals surface area (Å²) in [7, 11) is 0. The highest BCUT2D eigenvalue weighted by atomic mass is 32.1. The fourth-order valence-electron chi connectivity index (χ4n) is 2.16. The van der Waals surface area contributed by atoms with Crippen LogP contribution in [0.1, 0.15) is 40.0 Å². The minimum absolute atomic E-state index is 0.0937. The number of nitrogens with two attached hydrogens (primary N) is 1. The third-order valence-electron chi connectivity index (χ3n) is 4.38. The maximum Gasteiger partial charge on any atom is 0.325 e. The van der Waals surface area contributed by atoms with Gasteiger partial charge in [0.2, 0.25) is 17.7 Å². The molecule has 0 rings (SSSR count). The first kappa shape index (κ1) is 26.7. The van der Waals surface area contributed by atoms with E-state index in [0.29, 0.717) is 6.42 Å².